The van der Waals surface area contributed by atoms with Crippen LogP contribution in [-0.2, 0) is 4.79 Å². The second-order valence-corrected chi connectivity index (χ2v) is 7.26. The first kappa shape index (κ1) is 15.3. The lowest BCUT2D eigenvalue weighted by molar-refractivity contribution is -0.153. The first-order valence-corrected chi connectivity index (χ1v) is 8.87. The molecule has 0 spiro atoms. The van der Waals surface area contributed by atoms with E-state index in [1.165, 1.54) is 25.7 Å². The predicted octanol–water partition coefficient (Wildman–Crippen LogP) is 2.79. The summed E-state index contributed by atoms with van der Waals surface area (Å²) in [6, 6.07) is 0.0907. The average molecular weight is 295 g/mol. The summed E-state index contributed by atoms with van der Waals surface area (Å²) in [5.41, 5.74) is 0. The fourth-order valence-electron chi connectivity index (χ4n) is 5.01. The van der Waals surface area contributed by atoms with Crippen molar-refractivity contribution in [3.8, 4) is 0 Å². The van der Waals surface area contributed by atoms with Gasteiger partial charge in [0.2, 0.25) is 0 Å². The van der Waals surface area contributed by atoms with E-state index in [1.807, 2.05) is 0 Å². The van der Waals surface area contributed by atoms with Crippen molar-refractivity contribution in [3.05, 3.63) is 0 Å². The van der Waals surface area contributed by atoms with E-state index in [-0.39, 0.29) is 18.2 Å². The Balaban J connectivity index is 1.85. The molecule has 21 heavy (non-hydrogen) atoms. The van der Waals surface area contributed by atoms with Gasteiger partial charge in [0.15, 0.2) is 0 Å². The molecule has 1 heterocycles. The number of aliphatic carboxylic acids is 1. The number of nitrogens with zero attached hydrogens (tertiary/aromatic N) is 1. The van der Waals surface area contributed by atoms with Crippen molar-refractivity contribution >= 4 is 5.97 Å². The minimum absolute atomic E-state index is 0.0690. The van der Waals surface area contributed by atoms with Crippen LogP contribution in [0.15, 0.2) is 0 Å². The maximum atomic E-state index is 11.8. The van der Waals surface area contributed by atoms with Gasteiger partial charge in [-0.25, -0.2) is 0 Å². The number of carboxylic acid groups (broad SMARTS) is 1. The van der Waals surface area contributed by atoms with Gasteiger partial charge in [0.05, 0.1) is 6.10 Å². The summed E-state index contributed by atoms with van der Waals surface area (Å²) < 4.78 is 0. The highest BCUT2D eigenvalue weighted by molar-refractivity contribution is 5.73. The number of rotatable bonds is 2. The molecule has 120 valence electrons. The Morgan fingerprint density at radius 2 is 1.48 bits per heavy atom. The molecule has 0 aromatic rings. The monoisotopic (exact) mass is 295 g/mol. The van der Waals surface area contributed by atoms with Crippen LogP contribution in [0.2, 0.25) is 0 Å². The first-order chi connectivity index (χ1) is 10.2. The van der Waals surface area contributed by atoms with Gasteiger partial charge in [0, 0.05) is 12.1 Å². The molecule has 2 saturated carbocycles. The molecule has 1 saturated heterocycles. The Morgan fingerprint density at radius 1 is 0.810 bits per heavy atom. The molecule has 0 bridgehead atoms. The highest BCUT2D eigenvalue weighted by Crippen LogP contribution is 2.41. The summed E-state index contributed by atoms with van der Waals surface area (Å²) in [5, 5.41) is 20.2. The first-order valence-electron chi connectivity index (χ1n) is 8.87. The molecule has 0 aromatic heterocycles. The lowest BCUT2D eigenvalue weighted by atomic mass is 9.75. The number of carboxylic acids is 1. The summed E-state index contributed by atoms with van der Waals surface area (Å²) in [7, 11) is 0. The fraction of sp³-hybridized carbons (Fsp3) is 0.941. The molecule has 5 unspecified atom stereocenters. The molecule has 3 fully saturated rings. The zero-order valence-corrected chi connectivity index (χ0v) is 12.9. The van der Waals surface area contributed by atoms with E-state index in [1.54, 1.807) is 0 Å². The van der Waals surface area contributed by atoms with E-state index in [4.69, 9.17) is 0 Å². The van der Waals surface area contributed by atoms with Crippen LogP contribution < -0.4 is 0 Å². The van der Waals surface area contributed by atoms with Gasteiger partial charge < -0.3 is 10.2 Å². The molecule has 1 aliphatic heterocycles. The molecule has 4 nitrogen and oxygen atoms in total. The van der Waals surface area contributed by atoms with Crippen LogP contribution in [0.4, 0.5) is 0 Å². The van der Waals surface area contributed by atoms with Gasteiger partial charge in [0.25, 0.3) is 0 Å². The van der Waals surface area contributed by atoms with E-state index in [0.29, 0.717) is 12.0 Å². The van der Waals surface area contributed by atoms with Crippen molar-refractivity contribution in [2.75, 3.05) is 0 Å². The summed E-state index contributed by atoms with van der Waals surface area (Å²) >= 11 is 0. The van der Waals surface area contributed by atoms with Crippen LogP contribution in [-0.4, -0.2) is 45.3 Å². The summed E-state index contributed by atoms with van der Waals surface area (Å²) in [5.74, 6) is -0.0275. The van der Waals surface area contributed by atoms with Crippen molar-refractivity contribution in [1.82, 2.24) is 4.90 Å². The summed E-state index contributed by atoms with van der Waals surface area (Å²) in [4.78, 5) is 14.0. The smallest absolute Gasteiger partial charge is 0.320 e. The Labute approximate surface area is 127 Å². The molecular weight excluding hydrogens is 266 g/mol. The molecule has 0 amide bonds. The number of hydrogen-bond acceptors (Lipinski definition) is 3. The van der Waals surface area contributed by atoms with E-state index in [9.17, 15) is 15.0 Å². The van der Waals surface area contributed by atoms with Crippen LogP contribution in [0.5, 0.6) is 0 Å². The SMILES string of the molecule is O=C(O)C1CCC2CCCCC2N1C1CCCCCC1O. The van der Waals surface area contributed by atoms with Gasteiger partial charge >= 0.3 is 5.97 Å². The Kier molecular flexibility index (Phi) is 4.85. The normalized spacial score (nSPS) is 42.0. The largest absolute Gasteiger partial charge is 0.480 e. The minimum Gasteiger partial charge on any atom is -0.480 e. The Morgan fingerprint density at radius 3 is 2.29 bits per heavy atom. The maximum absolute atomic E-state index is 11.8. The molecule has 4 heteroatoms. The highest BCUT2D eigenvalue weighted by Gasteiger charge is 2.46. The van der Waals surface area contributed by atoms with E-state index >= 15 is 0 Å². The molecule has 3 rings (SSSR count). The van der Waals surface area contributed by atoms with E-state index in [2.05, 4.69) is 4.90 Å². The highest BCUT2D eigenvalue weighted by atomic mass is 16.4. The second kappa shape index (κ2) is 6.66. The second-order valence-electron chi connectivity index (χ2n) is 7.26. The van der Waals surface area contributed by atoms with E-state index < -0.39 is 5.97 Å². The number of aliphatic hydroxyl groups excluding tert-OH is 1. The Hall–Kier alpha value is -0.610. The van der Waals surface area contributed by atoms with E-state index in [0.717, 1.165) is 44.9 Å². The maximum Gasteiger partial charge on any atom is 0.320 e. The van der Waals surface area contributed by atoms with Gasteiger partial charge in [-0.2, -0.15) is 0 Å². The van der Waals surface area contributed by atoms with Crippen LogP contribution in [0.3, 0.4) is 0 Å². The third-order valence-electron chi connectivity index (χ3n) is 6.03. The van der Waals surface area contributed by atoms with Gasteiger partial charge in [0.1, 0.15) is 6.04 Å². The van der Waals surface area contributed by atoms with Crippen molar-refractivity contribution in [2.24, 2.45) is 5.92 Å². The average Bonchev–Trinajstić information content (AvgIpc) is 2.70. The molecule has 5 atom stereocenters. The van der Waals surface area contributed by atoms with Crippen molar-refractivity contribution < 1.29 is 15.0 Å². The van der Waals surface area contributed by atoms with Crippen LogP contribution in [0, 0.1) is 5.92 Å². The molecule has 3 aliphatic rings. The van der Waals surface area contributed by atoms with Crippen molar-refractivity contribution in [1.29, 1.82) is 0 Å². The number of aliphatic hydroxyl groups is 1. The quantitative estimate of drug-likeness (QED) is 0.769. The molecule has 0 radical (unpaired) electrons. The number of likely N-dealkylation sites (tertiary alicyclic amines) is 1. The Bertz CT molecular complexity index is 373. The third-order valence-corrected chi connectivity index (χ3v) is 6.03. The fourth-order valence-corrected chi connectivity index (χ4v) is 5.01. The standard InChI is InChI=1S/C17H29NO3/c19-16-9-3-1-2-8-14(16)18-13-7-5-4-6-12(13)10-11-15(18)17(20)21/h12-16,19H,1-11H2,(H,20,21). The van der Waals surface area contributed by atoms with Crippen LogP contribution in [0.25, 0.3) is 0 Å². The van der Waals surface area contributed by atoms with Gasteiger partial charge in [-0.15, -0.1) is 0 Å². The summed E-state index contributed by atoms with van der Waals surface area (Å²) in [6.07, 6.45) is 11.5. The van der Waals surface area contributed by atoms with Gasteiger partial charge in [-0.05, 0) is 44.4 Å². The van der Waals surface area contributed by atoms with Crippen LogP contribution in [0.1, 0.15) is 70.6 Å². The van der Waals surface area contributed by atoms with Crippen molar-refractivity contribution in [2.45, 2.75) is 94.9 Å². The molecule has 2 N–H and O–H groups in total. The van der Waals surface area contributed by atoms with Crippen molar-refractivity contribution in [3.63, 3.8) is 0 Å². The zero-order valence-electron chi connectivity index (χ0n) is 12.9. The number of piperidine rings is 1. The lowest BCUT2D eigenvalue weighted by Crippen LogP contribution is -2.61. The number of fused-ring (bicyclic) bond motifs is 1. The molecule has 2 aliphatic carbocycles. The molecular formula is C17H29NO3. The minimum atomic E-state index is -0.685. The predicted molar refractivity (Wildman–Crippen MR) is 81.1 cm³/mol. The number of carbonyl (C=O) groups is 1. The van der Waals surface area contributed by atoms with Gasteiger partial charge in [-0.3, -0.25) is 9.69 Å². The van der Waals surface area contributed by atoms with Gasteiger partial charge in [-0.1, -0.05) is 32.1 Å². The third kappa shape index (κ3) is 3.11. The topological polar surface area (TPSA) is 60.8 Å². The zero-order chi connectivity index (χ0) is 14.8. The summed E-state index contributed by atoms with van der Waals surface area (Å²) in [6.45, 7) is 0. The number of hydrogen-bond donors (Lipinski definition) is 2. The molecule has 0 aromatic carbocycles. The van der Waals surface area contributed by atoms with Crippen LogP contribution >= 0.6 is 0 Å². The lowest BCUT2D eigenvalue weighted by Gasteiger charge is -2.51.